The highest BCUT2D eigenvalue weighted by Crippen LogP contribution is 2.29. The van der Waals surface area contributed by atoms with Crippen LogP contribution in [0.25, 0.3) is 0 Å². The largest absolute Gasteiger partial charge is 0.490 e. The third-order valence-corrected chi connectivity index (χ3v) is 8.13. The average molecular weight is 602 g/mol. The Labute approximate surface area is 262 Å². The Kier molecular flexibility index (Phi) is 12.4. The van der Waals surface area contributed by atoms with Crippen LogP contribution in [0, 0.1) is 5.92 Å². The molecule has 44 heavy (non-hydrogen) atoms. The molecule has 1 aliphatic rings. The van der Waals surface area contributed by atoms with Crippen molar-refractivity contribution in [1.82, 2.24) is 9.80 Å². The van der Waals surface area contributed by atoms with E-state index in [0.717, 1.165) is 25.8 Å². The maximum Gasteiger partial charge on any atom is 0.258 e. The van der Waals surface area contributed by atoms with E-state index in [2.05, 4.69) is 36.3 Å². The number of carbonyl (C=O) groups is 2. The van der Waals surface area contributed by atoms with E-state index < -0.39 is 6.04 Å². The summed E-state index contributed by atoms with van der Waals surface area (Å²) >= 11 is 0. The van der Waals surface area contributed by atoms with E-state index in [1.165, 1.54) is 5.56 Å². The van der Waals surface area contributed by atoms with Crippen LogP contribution < -0.4 is 10.1 Å². The maximum atomic E-state index is 14.3. The molecule has 0 bridgehead atoms. The molecule has 236 valence electrons. The van der Waals surface area contributed by atoms with E-state index in [0.29, 0.717) is 42.3 Å². The van der Waals surface area contributed by atoms with Crippen molar-refractivity contribution in [3.8, 4) is 5.75 Å². The second-order valence-electron chi connectivity index (χ2n) is 12.0. The number of fused-ring (bicyclic) bond motifs is 1. The first kappa shape index (κ1) is 33.2. The van der Waals surface area contributed by atoms with Gasteiger partial charge in [-0.15, -0.1) is 0 Å². The Bertz CT molecular complexity index is 1340. The highest BCUT2D eigenvalue weighted by atomic mass is 16.5. The quantitative estimate of drug-likeness (QED) is 0.336. The Morgan fingerprint density at radius 3 is 2.45 bits per heavy atom. The molecule has 2 amide bonds. The molecular formula is C36H47N3O5. The number of anilines is 1. The van der Waals surface area contributed by atoms with Crippen molar-refractivity contribution in [2.24, 2.45) is 5.92 Å². The fourth-order valence-electron chi connectivity index (χ4n) is 5.52. The highest BCUT2D eigenvalue weighted by Gasteiger charge is 2.30. The zero-order valence-electron chi connectivity index (χ0n) is 26.4. The summed E-state index contributed by atoms with van der Waals surface area (Å²) < 4.78 is 12.8. The average Bonchev–Trinajstić information content (AvgIpc) is 3.03. The number of hydrogen-bond acceptors (Lipinski definition) is 6. The summed E-state index contributed by atoms with van der Waals surface area (Å²) in [5, 5.41) is 13.1. The summed E-state index contributed by atoms with van der Waals surface area (Å²) in [6, 6.07) is 24.1. The number of nitrogens with zero attached hydrogens (tertiary/aromatic N) is 2. The predicted octanol–water partition coefficient (Wildman–Crippen LogP) is 5.87. The van der Waals surface area contributed by atoms with Crippen molar-refractivity contribution in [2.45, 2.75) is 64.8 Å². The first-order valence-electron chi connectivity index (χ1n) is 15.7. The SMILES string of the molecule is C[C@@H]1CN([C@H](C)CO)C(=O)c2cc(NC(=O)c3ccccc3)ccc2O[C@@H](C)CCCCO[C@@H]1CN(C)Cc1ccccc1. The molecule has 0 spiro atoms. The van der Waals surface area contributed by atoms with Crippen LogP contribution in [0.15, 0.2) is 78.9 Å². The molecule has 0 fully saturated rings. The van der Waals surface area contributed by atoms with Crippen molar-refractivity contribution < 1.29 is 24.2 Å². The number of benzene rings is 3. The van der Waals surface area contributed by atoms with E-state index in [1.807, 2.05) is 50.2 Å². The molecule has 0 aliphatic carbocycles. The summed E-state index contributed by atoms with van der Waals surface area (Å²) in [5.41, 5.74) is 2.61. The van der Waals surface area contributed by atoms with Crippen LogP contribution in [-0.4, -0.2) is 78.3 Å². The van der Waals surface area contributed by atoms with Gasteiger partial charge >= 0.3 is 0 Å². The van der Waals surface area contributed by atoms with E-state index in [-0.39, 0.29) is 36.5 Å². The van der Waals surface area contributed by atoms with Gasteiger partial charge in [0.05, 0.1) is 30.4 Å². The second kappa shape index (κ2) is 16.4. The van der Waals surface area contributed by atoms with Gasteiger partial charge in [-0.3, -0.25) is 14.5 Å². The predicted molar refractivity (Wildman–Crippen MR) is 174 cm³/mol. The second-order valence-corrected chi connectivity index (χ2v) is 12.0. The lowest BCUT2D eigenvalue weighted by atomic mass is 10.0. The lowest BCUT2D eigenvalue weighted by Crippen LogP contribution is -2.47. The molecule has 0 saturated heterocycles. The van der Waals surface area contributed by atoms with Crippen molar-refractivity contribution in [3.05, 3.63) is 95.6 Å². The van der Waals surface area contributed by atoms with Crippen molar-refractivity contribution in [3.63, 3.8) is 0 Å². The van der Waals surface area contributed by atoms with Crippen molar-refractivity contribution >= 4 is 17.5 Å². The number of aliphatic hydroxyl groups is 1. The zero-order chi connectivity index (χ0) is 31.5. The Hall–Kier alpha value is -3.72. The van der Waals surface area contributed by atoms with Gasteiger partial charge in [0.2, 0.25) is 0 Å². The molecule has 8 nitrogen and oxygen atoms in total. The van der Waals surface area contributed by atoms with Gasteiger partial charge in [-0.05, 0) is 76.1 Å². The maximum absolute atomic E-state index is 14.3. The van der Waals surface area contributed by atoms with Crippen molar-refractivity contribution in [2.75, 3.05) is 38.7 Å². The third kappa shape index (κ3) is 9.39. The number of likely N-dealkylation sites (N-methyl/N-ethyl adjacent to an activating group) is 1. The van der Waals surface area contributed by atoms with E-state index in [1.54, 1.807) is 35.2 Å². The van der Waals surface area contributed by atoms with E-state index in [9.17, 15) is 14.7 Å². The molecule has 0 radical (unpaired) electrons. The van der Waals surface area contributed by atoms with Gasteiger partial charge in [-0.2, -0.15) is 0 Å². The minimum absolute atomic E-state index is 0.0154. The highest BCUT2D eigenvalue weighted by molar-refractivity contribution is 6.05. The molecule has 3 aromatic carbocycles. The van der Waals surface area contributed by atoms with Crippen LogP contribution in [-0.2, 0) is 11.3 Å². The number of rotatable bonds is 8. The normalized spacial score (nSPS) is 20.7. The minimum Gasteiger partial charge on any atom is -0.490 e. The van der Waals surface area contributed by atoms with E-state index >= 15 is 0 Å². The van der Waals surface area contributed by atoms with Crippen molar-refractivity contribution in [1.29, 1.82) is 0 Å². The van der Waals surface area contributed by atoms with Gasteiger partial charge in [-0.1, -0.05) is 55.5 Å². The number of aliphatic hydroxyl groups excluding tert-OH is 1. The van der Waals surface area contributed by atoms with E-state index in [4.69, 9.17) is 9.47 Å². The molecule has 2 N–H and O–H groups in total. The standard InChI is InChI=1S/C36H47N3O5/c1-26-22-39(27(2)25-40)36(42)32-21-31(37-35(41)30-16-9-6-10-17-30)18-19-33(32)44-28(3)13-11-12-20-43-34(26)24-38(4)23-29-14-7-5-8-15-29/h5-10,14-19,21,26-28,34,40H,11-13,20,22-25H2,1-4H3,(H,37,41)/t26-,27-,28+,34-/m1/s1. The zero-order valence-corrected chi connectivity index (χ0v) is 26.4. The van der Waals surface area contributed by atoms with Crippen LogP contribution in [0.3, 0.4) is 0 Å². The lowest BCUT2D eigenvalue weighted by Gasteiger charge is -2.36. The molecule has 0 unspecified atom stereocenters. The van der Waals surface area contributed by atoms with Gasteiger partial charge in [0.1, 0.15) is 5.75 Å². The topological polar surface area (TPSA) is 91.3 Å². The van der Waals surface area contributed by atoms with Crippen LogP contribution >= 0.6 is 0 Å². The van der Waals surface area contributed by atoms with Gasteiger partial charge in [0.15, 0.2) is 0 Å². The fourth-order valence-corrected chi connectivity index (χ4v) is 5.52. The summed E-state index contributed by atoms with van der Waals surface area (Å²) in [5.74, 6) is -0.0688. The number of carbonyl (C=O) groups excluding carboxylic acids is 2. The van der Waals surface area contributed by atoms with Crippen LogP contribution in [0.1, 0.15) is 66.3 Å². The minimum atomic E-state index is -0.437. The molecule has 0 aromatic heterocycles. The summed E-state index contributed by atoms with van der Waals surface area (Å²) in [6.07, 6.45) is 2.42. The number of ether oxygens (including phenoxy) is 2. The molecule has 4 rings (SSSR count). The molecule has 0 saturated carbocycles. The first-order valence-corrected chi connectivity index (χ1v) is 15.7. The van der Waals surface area contributed by atoms with Gasteiger partial charge in [0, 0.05) is 43.4 Å². The molecule has 4 atom stereocenters. The summed E-state index contributed by atoms with van der Waals surface area (Å²) in [7, 11) is 2.09. The lowest BCUT2D eigenvalue weighted by molar-refractivity contribution is -0.0177. The summed E-state index contributed by atoms with van der Waals surface area (Å²) in [6.45, 7) is 8.28. The van der Waals surface area contributed by atoms with Crippen LogP contribution in [0.4, 0.5) is 5.69 Å². The van der Waals surface area contributed by atoms with Gasteiger partial charge in [-0.25, -0.2) is 0 Å². The van der Waals surface area contributed by atoms with Gasteiger partial charge in [0.25, 0.3) is 11.8 Å². The molecular weight excluding hydrogens is 554 g/mol. The number of amides is 2. The Morgan fingerprint density at radius 1 is 1.05 bits per heavy atom. The number of hydrogen-bond donors (Lipinski definition) is 2. The Balaban J connectivity index is 1.61. The van der Waals surface area contributed by atoms with Crippen LogP contribution in [0.5, 0.6) is 5.75 Å². The third-order valence-electron chi connectivity index (χ3n) is 8.13. The fraction of sp³-hybridized carbons (Fsp3) is 0.444. The monoisotopic (exact) mass is 601 g/mol. The molecule has 3 aromatic rings. The number of nitrogens with one attached hydrogen (secondary N) is 1. The molecule has 8 heteroatoms. The smallest absolute Gasteiger partial charge is 0.258 e. The summed E-state index contributed by atoms with van der Waals surface area (Å²) in [4.78, 5) is 31.2. The molecule has 1 aliphatic heterocycles. The van der Waals surface area contributed by atoms with Crippen LogP contribution in [0.2, 0.25) is 0 Å². The Morgan fingerprint density at radius 2 is 1.75 bits per heavy atom. The first-order chi connectivity index (χ1) is 21.2. The molecule has 1 heterocycles. The van der Waals surface area contributed by atoms with Gasteiger partial charge < -0.3 is 24.8 Å².